The number of aromatic nitrogens is 1. The monoisotopic (exact) mass is 277 g/mol. The van der Waals surface area contributed by atoms with E-state index in [-0.39, 0.29) is 22.7 Å². The van der Waals surface area contributed by atoms with Gasteiger partial charge in [-0.2, -0.15) is 0 Å². The van der Waals surface area contributed by atoms with Crippen LogP contribution in [0.5, 0.6) is 0 Å². The van der Waals surface area contributed by atoms with Crippen LogP contribution in [0.2, 0.25) is 0 Å². The molecule has 0 unspecified atom stereocenters. The number of nitrogens with one attached hydrogen (secondary N) is 1. The number of nitrogens with zero attached hydrogens (tertiary/aromatic N) is 1. The molecule has 1 fully saturated rings. The highest BCUT2D eigenvalue weighted by atomic mass is 32.1. The molecule has 0 aromatic carbocycles. The number of carbonyl (C=O) groups excluding carboxylic acids is 1. The molecule has 1 saturated carbocycles. The minimum Gasteiger partial charge on any atom is -0.320 e. The van der Waals surface area contributed by atoms with Crippen LogP contribution in [0.4, 0.5) is 5.13 Å². The molecule has 0 bridgehead atoms. The van der Waals surface area contributed by atoms with Crippen molar-refractivity contribution >= 4 is 22.4 Å². The smallest absolute Gasteiger partial charge is 0.230 e. The normalized spacial score (nSPS) is 19.4. The number of thiazole rings is 1. The first-order valence-electron chi connectivity index (χ1n) is 6.26. The second-order valence-corrected chi connectivity index (χ2v) is 6.93. The third-order valence-corrected chi connectivity index (χ3v) is 5.16. The molecule has 0 radical (unpaired) electrons. The van der Waals surface area contributed by atoms with Gasteiger partial charge in [-0.05, 0) is 10.8 Å². The standard InChI is InChI=1S/C14H19N3OS/c1-13(2)10(14(13,3)4)11(18)17-12-16-8-9(19-12)6-5-7-15/h8,10H,7,15H2,1-4H3,(H,16,17,18). The first-order valence-corrected chi connectivity index (χ1v) is 7.08. The van der Waals surface area contributed by atoms with Gasteiger partial charge >= 0.3 is 0 Å². The second kappa shape index (κ2) is 4.62. The van der Waals surface area contributed by atoms with Crippen LogP contribution in [0, 0.1) is 28.6 Å². The van der Waals surface area contributed by atoms with Crippen molar-refractivity contribution in [2.24, 2.45) is 22.5 Å². The summed E-state index contributed by atoms with van der Waals surface area (Å²) in [5, 5.41) is 3.48. The van der Waals surface area contributed by atoms with Crippen molar-refractivity contribution in [2.45, 2.75) is 27.7 Å². The molecule has 1 aromatic rings. The predicted molar refractivity (Wildman–Crippen MR) is 77.7 cm³/mol. The Morgan fingerprint density at radius 1 is 1.47 bits per heavy atom. The fraction of sp³-hybridized carbons (Fsp3) is 0.571. The zero-order valence-electron chi connectivity index (χ0n) is 11.7. The van der Waals surface area contributed by atoms with E-state index in [0.717, 1.165) is 4.88 Å². The van der Waals surface area contributed by atoms with Gasteiger partial charge in [-0.15, -0.1) is 0 Å². The highest BCUT2D eigenvalue weighted by Crippen LogP contribution is 2.68. The molecule has 0 spiro atoms. The van der Waals surface area contributed by atoms with Gasteiger partial charge in [-0.1, -0.05) is 50.9 Å². The van der Waals surface area contributed by atoms with Gasteiger partial charge in [0.15, 0.2) is 5.13 Å². The number of carbonyl (C=O) groups is 1. The van der Waals surface area contributed by atoms with Gasteiger partial charge in [-0.3, -0.25) is 4.79 Å². The summed E-state index contributed by atoms with van der Waals surface area (Å²) in [6.07, 6.45) is 1.66. The van der Waals surface area contributed by atoms with Gasteiger partial charge in [0.25, 0.3) is 0 Å². The number of rotatable bonds is 2. The Balaban J connectivity index is 2.03. The zero-order valence-corrected chi connectivity index (χ0v) is 12.5. The van der Waals surface area contributed by atoms with E-state index in [2.05, 4.69) is 49.8 Å². The Morgan fingerprint density at radius 2 is 2.11 bits per heavy atom. The van der Waals surface area contributed by atoms with E-state index in [9.17, 15) is 4.79 Å². The molecule has 102 valence electrons. The van der Waals surface area contributed by atoms with Gasteiger partial charge in [0.1, 0.15) is 0 Å². The summed E-state index contributed by atoms with van der Waals surface area (Å²) >= 11 is 1.37. The zero-order chi connectivity index (χ0) is 14.3. The molecule has 0 aliphatic heterocycles. The average molecular weight is 277 g/mol. The van der Waals surface area contributed by atoms with Crippen LogP contribution in [-0.4, -0.2) is 17.4 Å². The number of nitrogens with two attached hydrogens (primary N) is 1. The molecule has 1 aromatic heterocycles. The molecule has 1 heterocycles. The first-order chi connectivity index (χ1) is 8.80. The lowest BCUT2D eigenvalue weighted by atomic mass is 10.0. The maximum absolute atomic E-state index is 12.2. The second-order valence-electron chi connectivity index (χ2n) is 5.90. The molecule has 1 amide bonds. The van der Waals surface area contributed by atoms with Crippen LogP contribution in [-0.2, 0) is 4.79 Å². The predicted octanol–water partition coefficient (Wildman–Crippen LogP) is 2.07. The molecule has 1 aliphatic rings. The third-order valence-electron chi connectivity index (χ3n) is 4.33. The summed E-state index contributed by atoms with van der Waals surface area (Å²) in [5.41, 5.74) is 5.39. The van der Waals surface area contributed by atoms with E-state index in [0.29, 0.717) is 11.7 Å². The lowest BCUT2D eigenvalue weighted by Gasteiger charge is -2.03. The summed E-state index contributed by atoms with van der Waals surface area (Å²) in [6.45, 7) is 8.81. The summed E-state index contributed by atoms with van der Waals surface area (Å²) in [4.78, 5) is 17.2. The molecule has 3 N–H and O–H groups in total. The van der Waals surface area contributed by atoms with Gasteiger partial charge < -0.3 is 11.1 Å². The van der Waals surface area contributed by atoms with Crippen molar-refractivity contribution in [3.05, 3.63) is 11.1 Å². The molecule has 0 saturated heterocycles. The van der Waals surface area contributed by atoms with E-state index in [1.165, 1.54) is 11.3 Å². The molecule has 1 aliphatic carbocycles. The number of hydrogen-bond acceptors (Lipinski definition) is 4. The largest absolute Gasteiger partial charge is 0.320 e. The molecule has 0 atom stereocenters. The van der Waals surface area contributed by atoms with E-state index < -0.39 is 0 Å². The Morgan fingerprint density at radius 3 is 2.63 bits per heavy atom. The maximum Gasteiger partial charge on any atom is 0.230 e. The van der Waals surface area contributed by atoms with Crippen LogP contribution >= 0.6 is 11.3 Å². The summed E-state index contributed by atoms with van der Waals surface area (Å²) in [6, 6.07) is 0. The quantitative estimate of drug-likeness (QED) is 0.813. The summed E-state index contributed by atoms with van der Waals surface area (Å²) in [7, 11) is 0. The molecule has 5 heteroatoms. The molecule has 2 rings (SSSR count). The van der Waals surface area contributed by atoms with E-state index in [1.807, 2.05) is 0 Å². The minimum absolute atomic E-state index is 0.0301. The van der Waals surface area contributed by atoms with Crippen LogP contribution in [0.3, 0.4) is 0 Å². The fourth-order valence-corrected chi connectivity index (χ4v) is 3.25. The molecular formula is C14H19N3OS. The van der Waals surface area contributed by atoms with Crippen molar-refractivity contribution in [1.29, 1.82) is 0 Å². The van der Waals surface area contributed by atoms with Crippen LogP contribution in [0.15, 0.2) is 6.20 Å². The van der Waals surface area contributed by atoms with Gasteiger partial charge in [0, 0.05) is 5.92 Å². The van der Waals surface area contributed by atoms with Crippen molar-refractivity contribution in [1.82, 2.24) is 4.98 Å². The van der Waals surface area contributed by atoms with Crippen molar-refractivity contribution in [3.8, 4) is 11.8 Å². The van der Waals surface area contributed by atoms with Crippen molar-refractivity contribution in [3.63, 3.8) is 0 Å². The van der Waals surface area contributed by atoms with E-state index >= 15 is 0 Å². The number of hydrogen-bond donors (Lipinski definition) is 2. The Bertz CT molecular complexity index is 549. The van der Waals surface area contributed by atoms with Crippen LogP contribution < -0.4 is 11.1 Å². The Kier molecular flexibility index (Phi) is 3.41. The lowest BCUT2D eigenvalue weighted by Crippen LogP contribution is -2.17. The topological polar surface area (TPSA) is 68.0 Å². The molecular weight excluding hydrogens is 258 g/mol. The highest BCUT2D eigenvalue weighted by Gasteiger charge is 2.68. The van der Waals surface area contributed by atoms with E-state index in [4.69, 9.17) is 5.73 Å². The van der Waals surface area contributed by atoms with Crippen LogP contribution in [0.1, 0.15) is 32.6 Å². The van der Waals surface area contributed by atoms with E-state index in [1.54, 1.807) is 6.20 Å². The molecule has 4 nitrogen and oxygen atoms in total. The fourth-order valence-electron chi connectivity index (χ4n) is 2.56. The molecule has 19 heavy (non-hydrogen) atoms. The Labute approximate surface area is 117 Å². The van der Waals surface area contributed by atoms with Crippen molar-refractivity contribution < 1.29 is 4.79 Å². The van der Waals surface area contributed by atoms with Crippen molar-refractivity contribution in [2.75, 3.05) is 11.9 Å². The van der Waals surface area contributed by atoms with Gasteiger partial charge in [0.2, 0.25) is 5.91 Å². The van der Waals surface area contributed by atoms with Crippen LogP contribution in [0.25, 0.3) is 0 Å². The average Bonchev–Trinajstić information content (AvgIpc) is 2.66. The van der Waals surface area contributed by atoms with Gasteiger partial charge in [-0.25, -0.2) is 4.98 Å². The summed E-state index contributed by atoms with van der Waals surface area (Å²) in [5.74, 6) is 5.75. The lowest BCUT2D eigenvalue weighted by molar-refractivity contribution is -0.118. The highest BCUT2D eigenvalue weighted by molar-refractivity contribution is 7.16. The SMILES string of the molecule is CC1(C)C(C(=O)Nc2ncc(C#CCN)s2)C1(C)C. The number of anilines is 1. The van der Waals surface area contributed by atoms with Gasteiger partial charge in [0.05, 0.1) is 17.6 Å². The Hall–Kier alpha value is -1.38. The minimum atomic E-state index is 0.0301. The summed E-state index contributed by atoms with van der Waals surface area (Å²) < 4.78 is 0. The number of amides is 1. The first kappa shape index (κ1) is 14.0. The third kappa shape index (κ3) is 2.38. The maximum atomic E-state index is 12.2.